The number of aromatic nitrogens is 2. The van der Waals surface area contributed by atoms with Crippen molar-refractivity contribution < 1.29 is 14.7 Å². The monoisotopic (exact) mass is 257 g/mol. The van der Waals surface area contributed by atoms with E-state index >= 15 is 0 Å². The first-order valence-electron chi connectivity index (χ1n) is 5.01. The number of aromatic amines is 1. The highest BCUT2D eigenvalue weighted by molar-refractivity contribution is 8.13. The van der Waals surface area contributed by atoms with Crippen LogP contribution in [0, 0.1) is 0 Å². The maximum absolute atomic E-state index is 11.1. The molecule has 1 heterocycles. The summed E-state index contributed by atoms with van der Waals surface area (Å²) in [6, 6.07) is -0.637. The standard InChI is InChI=1S/C10H15N3O3S/c1-6(14)17-9-7(11-5-12-9)4-8(10(15)16)13(2)3/h5,8H,4H2,1-3H3,(H,11,12)(H,15,16)/t8-/m0/s1. The van der Waals surface area contributed by atoms with Crippen LogP contribution in [0.25, 0.3) is 0 Å². The van der Waals surface area contributed by atoms with Crippen LogP contribution in [0.2, 0.25) is 0 Å². The van der Waals surface area contributed by atoms with Crippen molar-refractivity contribution in [2.24, 2.45) is 0 Å². The number of nitrogens with zero attached hydrogens (tertiary/aromatic N) is 2. The number of aliphatic carboxylic acids is 1. The molecular weight excluding hydrogens is 242 g/mol. The maximum Gasteiger partial charge on any atom is 0.321 e. The Morgan fingerprint density at radius 1 is 1.59 bits per heavy atom. The van der Waals surface area contributed by atoms with Crippen molar-refractivity contribution >= 4 is 22.8 Å². The molecule has 7 heteroatoms. The second kappa shape index (κ2) is 5.83. The van der Waals surface area contributed by atoms with Gasteiger partial charge in [0.15, 0.2) is 5.12 Å². The van der Waals surface area contributed by atoms with Gasteiger partial charge in [-0.05, 0) is 25.9 Å². The minimum atomic E-state index is -0.900. The Bertz CT molecular complexity index is 417. The van der Waals surface area contributed by atoms with Gasteiger partial charge >= 0.3 is 5.97 Å². The molecule has 0 saturated carbocycles. The van der Waals surface area contributed by atoms with Crippen molar-refractivity contribution in [3.8, 4) is 0 Å². The van der Waals surface area contributed by atoms with Crippen molar-refractivity contribution in [3.63, 3.8) is 0 Å². The summed E-state index contributed by atoms with van der Waals surface area (Å²) in [5.41, 5.74) is 0.673. The number of nitrogens with one attached hydrogen (secondary N) is 1. The van der Waals surface area contributed by atoms with Gasteiger partial charge in [-0.1, -0.05) is 0 Å². The lowest BCUT2D eigenvalue weighted by atomic mass is 10.1. The molecular formula is C10H15N3O3S. The van der Waals surface area contributed by atoms with E-state index < -0.39 is 12.0 Å². The van der Waals surface area contributed by atoms with E-state index in [9.17, 15) is 9.59 Å². The summed E-state index contributed by atoms with van der Waals surface area (Å²) in [7, 11) is 3.40. The molecule has 6 nitrogen and oxygen atoms in total. The molecule has 1 atom stereocenters. The van der Waals surface area contributed by atoms with Crippen LogP contribution in [0.15, 0.2) is 11.4 Å². The van der Waals surface area contributed by atoms with E-state index in [4.69, 9.17) is 5.11 Å². The number of imidazole rings is 1. The predicted molar refractivity (Wildman–Crippen MR) is 63.9 cm³/mol. The van der Waals surface area contributed by atoms with Crippen LogP contribution in [0.1, 0.15) is 12.6 Å². The fourth-order valence-corrected chi connectivity index (χ4v) is 2.01. The molecule has 0 spiro atoms. The van der Waals surface area contributed by atoms with Crippen LogP contribution in [0.4, 0.5) is 0 Å². The number of thioether (sulfide) groups is 1. The van der Waals surface area contributed by atoms with Gasteiger partial charge in [0, 0.05) is 13.3 Å². The molecule has 2 N–H and O–H groups in total. The number of carbonyl (C=O) groups is 2. The van der Waals surface area contributed by atoms with Gasteiger partial charge in [0.05, 0.1) is 12.0 Å². The summed E-state index contributed by atoms with van der Waals surface area (Å²) in [6.45, 7) is 1.45. The van der Waals surface area contributed by atoms with Gasteiger partial charge in [-0.15, -0.1) is 0 Å². The summed E-state index contributed by atoms with van der Waals surface area (Å²) in [5.74, 6) is -0.900. The number of carboxylic acid groups (broad SMARTS) is 1. The highest BCUT2D eigenvalue weighted by atomic mass is 32.2. The van der Waals surface area contributed by atoms with Crippen molar-refractivity contribution in [2.45, 2.75) is 24.4 Å². The number of hydrogen-bond donors (Lipinski definition) is 2. The van der Waals surface area contributed by atoms with Gasteiger partial charge in [0.2, 0.25) is 0 Å². The summed E-state index contributed by atoms with van der Waals surface area (Å²) in [6.07, 6.45) is 1.76. The highest BCUT2D eigenvalue weighted by Gasteiger charge is 2.23. The van der Waals surface area contributed by atoms with Gasteiger partial charge < -0.3 is 10.1 Å². The first kappa shape index (κ1) is 13.7. The molecule has 94 valence electrons. The molecule has 0 aromatic carbocycles. The predicted octanol–water partition coefficient (Wildman–Crippen LogP) is 0.606. The SMILES string of the molecule is CC(=O)Sc1nc[nH]c1C[C@@H](C(=O)O)N(C)C. The van der Waals surface area contributed by atoms with Crippen LogP contribution in [0.5, 0.6) is 0 Å². The maximum atomic E-state index is 11.1. The van der Waals surface area contributed by atoms with Gasteiger partial charge in [-0.2, -0.15) is 0 Å². The quantitative estimate of drug-likeness (QED) is 0.751. The fourth-order valence-electron chi connectivity index (χ4n) is 1.36. The summed E-state index contributed by atoms with van der Waals surface area (Å²) in [5, 5.41) is 9.54. The van der Waals surface area contributed by atoms with E-state index in [0.717, 1.165) is 11.8 Å². The molecule has 0 aliphatic heterocycles. The van der Waals surface area contributed by atoms with Crippen LogP contribution in [-0.2, 0) is 16.0 Å². The van der Waals surface area contributed by atoms with Crippen molar-refractivity contribution in [1.29, 1.82) is 0 Å². The average molecular weight is 257 g/mol. The Morgan fingerprint density at radius 2 is 2.24 bits per heavy atom. The van der Waals surface area contributed by atoms with Gasteiger partial charge in [-0.25, -0.2) is 4.98 Å². The molecule has 1 aromatic rings. The number of likely N-dealkylation sites (N-methyl/N-ethyl adjacent to an activating group) is 1. The van der Waals surface area contributed by atoms with Gasteiger partial charge in [-0.3, -0.25) is 14.5 Å². The Hall–Kier alpha value is -1.34. The van der Waals surface area contributed by atoms with E-state index in [0.29, 0.717) is 10.7 Å². The third-order valence-electron chi connectivity index (χ3n) is 2.23. The third kappa shape index (κ3) is 3.86. The van der Waals surface area contributed by atoms with Crippen molar-refractivity contribution in [3.05, 3.63) is 12.0 Å². The van der Waals surface area contributed by atoms with Crippen molar-refractivity contribution in [2.75, 3.05) is 14.1 Å². The second-order valence-corrected chi connectivity index (χ2v) is 4.97. The molecule has 1 rings (SSSR count). The van der Waals surface area contributed by atoms with E-state index in [1.54, 1.807) is 19.0 Å². The van der Waals surface area contributed by atoms with E-state index in [1.807, 2.05) is 0 Å². The Labute approximate surface area is 103 Å². The molecule has 0 unspecified atom stereocenters. The number of H-pyrrole nitrogens is 1. The zero-order chi connectivity index (χ0) is 13.0. The van der Waals surface area contributed by atoms with Crippen molar-refractivity contribution in [1.82, 2.24) is 14.9 Å². The Balaban J connectivity index is 2.82. The van der Waals surface area contributed by atoms with Crippen LogP contribution in [-0.4, -0.2) is 51.2 Å². The number of carboxylic acids is 1. The average Bonchev–Trinajstić information content (AvgIpc) is 2.59. The highest BCUT2D eigenvalue weighted by Crippen LogP contribution is 2.21. The molecule has 0 aliphatic rings. The second-order valence-electron chi connectivity index (χ2n) is 3.80. The molecule has 0 aliphatic carbocycles. The Morgan fingerprint density at radius 3 is 2.71 bits per heavy atom. The molecule has 0 bridgehead atoms. The zero-order valence-corrected chi connectivity index (χ0v) is 10.7. The molecule has 0 amide bonds. The number of rotatable bonds is 5. The van der Waals surface area contributed by atoms with E-state index in [2.05, 4.69) is 9.97 Å². The summed E-state index contributed by atoms with van der Waals surface area (Å²) >= 11 is 1.00. The van der Waals surface area contributed by atoms with Gasteiger partial charge in [0.25, 0.3) is 0 Å². The van der Waals surface area contributed by atoms with Crippen LogP contribution >= 0.6 is 11.8 Å². The minimum absolute atomic E-state index is 0.0740. The van der Waals surface area contributed by atoms with Gasteiger partial charge in [0.1, 0.15) is 11.1 Å². The minimum Gasteiger partial charge on any atom is -0.480 e. The molecule has 1 aromatic heterocycles. The van der Waals surface area contributed by atoms with E-state index in [1.165, 1.54) is 13.3 Å². The lowest BCUT2D eigenvalue weighted by molar-refractivity contribution is -0.142. The molecule has 0 radical (unpaired) electrons. The normalized spacial score (nSPS) is 12.7. The summed E-state index contributed by atoms with van der Waals surface area (Å²) < 4.78 is 0. The van der Waals surface area contributed by atoms with Crippen LogP contribution in [0.3, 0.4) is 0 Å². The topological polar surface area (TPSA) is 86.3 Å². The summed E-state index contributed by atoms with van der Waals surface area (Å²) in [4.78, 5) is 30.5. The molecule has 17 heavy (non-hydrogen) atoms. The third-order valence-corrected chi connectivity index (χ3v) is 3.06. The number of carbonyl (C=O) groups excluding carboxylic acids is 1. The molecule has 0 fully saturated rings. The lowest BCUT2D eigenvalue weighted by Gasteiger charge is -2.19. The first-order chi connectivity index (χ1) is 7.91. The molecule has 0 saturated heterocycles. The number of hydrogen-bond acceptors (Lipinski definition) is 5. The smallest absolute Gasteiger partial charge is 0.321 e. The Kier molecular flexibility index (Phi) is 4.71. The van der Waals surface area contributed by atoms with E-state index in [-0.39, 0.29) is 11.5 Å². The zero-order valence-electron chi connectivity index (χ0n) is 9.93. The van der Waals surface area contributed by atoms with Crippen LogP contribution < -0.4 is 0 Å². The lowest BCUT2D eigenvalue weighted by Crippen LogP contribution is -2.37. The first-order valence-corrected chi connectivity index (χ1v) is 5.83. The fraction of sp³-hybridized carbons (Fsp3) is 0.500. The largest absolute Gasteiger partial charge is 0.480 e.